The molecule has 0 aromatic heterocycles. The van der Waals surface area contributed by atoms with E-state index >= 15 is 0 Å². The highest BCUT2D eigenvalue weighted by Crippen LogP contribution is 2.52. The van der Waals surface area contributed by atoms with Crippen molar-refractivity contribution >= 4 is 49.0 Å². The Morgan fingerprint density at radius 3 is 2.38 bits per heavy atom. The molecule has 3 unspecified atom stereocenters. The van der Waals surface area contributed by atoms with Gasteiger partial charge in [-0.15, -0.1) is 0 Å². The summed E-state index contributed by atoms with van der Waals surface area (Å²) in [6.45, 7) is 1.77. The molecule has 0 radical (unpaired) electrons. The van der Waals surface area contributed by atoms with Crippen LogP contribution in [-0.4, -0.2) is 30.3 Å². The van der Waals surface area contributed by atoms with Crippen LogP contribution in [0.2, 0.25) is 5.02 Å². The van der Waals surface area contributed by atoms with E-state index in [-0.39, 0.29) is 37.5 Å². The predicted molar refractivity (Wildman–Crippen MR) is 121 cm³/mol. The van der Waals surface area contributed by atoms with Crippen molar-refractivity contribution in [2.24, 2.45) is 11.8 Å². The summed E-state index contributed by atoms with van der Waals surface area (Å²) in [6, 6.07) is 5.44. The van der Waals surface area contributed by atoms with Gasteiger partial charge in [-0.1, -0.05) is 11.6 Å². The van der Waals surface area contributed by atoms with Crippen LogP contribution in [0.25, 0.3) is 0 Å². The maximum absolute atomic E-state index is 13.5. The molecule has 2 N–H and O–H groups in total. The molecule has 2 aromatic rings. The van der Waals surface area contributed by atoms with Gasteiger partial charge in [0.2, 0.25) is 0 Å². The lowest BCUT2D eigenvalue weighted by Gasteiger charge is -2.40. The fourth-order valence-electron chi connectivity index (χ4n) is 4.89. The van der Waals surface area contributed by atoms with Crippen molar-refractivity contribution in [2.45, 2.75) is 48.4 Å². The van der Waals surface area contributed by atoms with Crippen molar-refractivity contribution < 1.29 is 27.1 Å². The summed E-state index contributed by atoms with van der Waals surface area (Å²) >= 11 is 9.49. The molecule has 0 spiro atoms. The Kier molecular flexibility index (Phi) is 6.15. The van der Waals surface area contributed by atoms with Crippen LogP contribution in [0.4, 0.5) is 14.5 Å². The highest BCUT2D eigenvalue weighted by molar-refractivity contribution is 9.10. The highest BCUT2D eigenvalue weighted by Gasteiger charge is 2.53. The van der Waals surface area contributed by atoms with Crippen molar-refractivity contribution in [3.05, 3.63) is 57.0 Å². The van der Waals surface area contributed by atoms with Gasteiger partial charge < -0.3 is 10.4 Å². The summed E-state index contributed by atoms with van der Waals surface area (Å²) in [5.41, 5.74) is -0.861. The molecular weight excluding hydrogens is 528 g/mol. The lowest BCUT2D eigenvalue weighted by molar-refractivity contribution is -0.0413. The zero-order valence-electron chi connectivity index (χ0n) is 17.0. The zero-order valence-corrected chi connectivity index (χ0v) is 20.2. The van der Waals surface area contributed by atoms with Crippen LogP contribution >= 0.6 is 27.5 Å². The Hall–Kier alpha value is -1.55. The van der Waals surface area contributed by atoms with E-state index in [0.717, 1.165) is 25.0 Å². The SMILES string of the molecule is CC1(O)C2CC[C@H]1CC(S(=O)(=O)c1cc(C(=O)Nc3ccc(F)c(F)c3)c(Br)cc1Cl)C2. The standard InChI is InChI=1S/C22H21BrClF2NO4S/c1-22(29)11-2-3-12(22)7-14(6-11)32(30,31)20-9-15(16(23)10-17(20)24)21(28)27-13-4-5-18(25)19(26)8-13/h4-5,8-12,14,29H,2-3,6-7H2,1H3,(H,27,28)/t11-,12?,14?,22?/m0/s1. The van der Waals surface area contributed by atoms with Gasteiger partial charge in [-0.2, -0.15) is 0 Å². The van der Waals surface area contributed by atoms with Gasteiger partial charge in [-0.05, 0) is 84.6 Å². The second-order valence-electron chi connectivity index (χ2n) is 8.68. The molecule has 2 aromatic carbocycles. The van der Waals surface area contributed by atoms with Crippen LogP contribution in [0.3, 0.4) is 0 Å². The van der Waals surface area contributed by atoms with Gasteiger partial charge in [0.05, 0.1) is 26.3 Å². The number of rotatable bonds is 4. The molecular formula is C22H21BrClF2NO4S. The summed E-state index contributed by atoms with van der Waals surface area (Å²) in [4.78, 5) is 12.6. The van der Waals surface area contributed by atoms with E-state index in [9.17, 15) is 27.1 Å². The first kappa shape index (κ1) is 23.6. The van der Waals surface area contributed by atoms with Gasteiger partial charge in [0.15, 0.2) is 21.5 Å². The van der Waals surface area contributed by atoms with Crippen molar-refractivity contribution in [1.82, 2.24) is 0 Å². The van der Waals surface area contributed by atoms with Gasteiger partial charge in [-0.25, -0.2) is 17.2 Å². The Balaban J connectivity index is 1.65. The van der Waals surface area contributed by atoms with Crippen LogP contribution in [0.1, 0.15) is 43.0 Å². The Morgan fingerprint density at radius 1 is 1.16 bits per heavy atom. The first-order valence-corrected chi connectivity index (χ1v) is 12.8. The Bertz CT molecular complexity index is 1190. The number of sulfone groups is 1. The summed E-state index contributed by atoms with van der Waals surface area (Å²) < 4.78 is 53.8. The third-order valence-electron chi connectivity index (χ3n) is 6.80. The molecule has 2 bridgehead atoms. The molecule has 172 valence electrons. The van der Waals surface area contributed by atoms with Gasteiger partial charge in [0.25, 0.3) is 5.91 Å². The van der Waals surface area contributed by atoms with Crippen LogP contribution < -0.4 is 5.32 Å². The smallest absolute Gasteiger partial charge is 0.256 e. The molecule has 0 saturated heterocycles. The lowest BCUT2D eigenvalue weighted by Crippen LogP contribution is -2.45. The molecule has 2 saturated carbocycles. The maximum Gasteiger partial charge on any atom is 0.256 e. The normalized spacial score (nSPS) is 27.4. The third-order valence-corrected chi connectivity index (χ3v) is 10.1. The van der Waals surface area contributed by atoms with Crippen LogP contribution in [0, 0.1) is 23.5 Å². The number of nitrogens with one attached hydrogen (secondary N) is 1. The number of anilines is 1. The van der Waals surface area contributed by atoms with Crippen molar-refractivity contribution in [3.8, 4) is 0 Å². The number of hydrogen-bond donors (Lipinski definition) is 2. The quantitative estimate of drug-likeness (QED) is 0.540. The average molecular weight is 549 g/mol. The summed E-state index contributed by atoms with van der Waals surface area (Å²) in [5.74, 6) is -3.09. The van der Waals surface area contributed by atoms with E-state index in [1.54, 1.807) is 6.92 Å². The number of amides is 1. The van der Waals surface area contributed by atoms with E-state index in [4.69, 9.17) is 11.6 Å². The van der Waals surface area contributed by atoms with Gasteiger partial charge in [0.1, 0.15) is 0 Å². The van der Waals surface area contributed by atoms with Crippen molar-refractivity contribution in [3.63, 3.8) is 0 Å². The van der Waals surface area contributed by atoms with Gasteiger partial charge >= 0.3 is 0 Å². The minimum atomic E-state index is -3.88. The van der Waals surface area contributed by atoms with E-state index in [2.05, 4.69) is 21.2 Å². The lowest BCUT2D eigenvalue weighted by atomic mass is 9.76. The topological polar surface area (TPSA) is 83.5 Å². The van der Waals surface area contributed by atoms with E-state index < -0.39 is 38.2 Å². The second kappa shape index (κ2) is 8.34. The fraction of sp³-hybridized carbons (Fsp3) is 0.409. The molecule has 1 amide bonds. The Labute approximate surface area is 198 Å². The molecule has 2 aliphatic carbocycles. The van der Waals surface area contributed by atoms with Gasteiger partial charge in [-0.3, -0.25) is 4.79 Å². The summed E-state index contributed by atoms with van der Waals surface area (Å²) in [5, 5.41) is 12.4. The number of fused-ring (bicyclic) bond motifs is 2. The summed E-state index contributed by atoms with van der Waals surface area (Å²) in [6.07, 6.45) is 2.21. The highest BCUT2D eigenvalue weighted by atomic mass is 79.9. The minimum Gasteiger partial charge on any atom is -0.390 e. The zero-order chi connectivity index (χ0) is 23.4. The first-order chi connectivity index (χ1) is 14.9. The number of halogens is 4. The number of carbonyl (C=O) groups is 1. The molecule has 2 fully saturated rings. The molecule has 32 heavy (non-hydrogen) atoms. The molecule has 4 atom stereocenters. The monoisotopic (exact) mass is 547 g/mol. The van der Waals surface area contributed by atoms with E-state index in [1.165, 1.54) is 18.2 Å². The number of carbonyl (C=O) groups excluding carboxylic acids is 1. The van der Waals surface area contributed by atoms with Crippen molar-refractivity contribution in [2.75, 3.05) is 5.32 Å². The fourth-order valence-corrected chi connectivity index (χ4v) is 7.98. The number of aliphatic hydroxyl groups is 1. The largest absolute Gasteiger partial charge is 0.390 e. The molecule has 5 nitrogen and oxygen atoms in total. The average Bonchev–Trinajstić information content (AvgIpc) is 2.87. The predicted octanol–water partition coefficient (Wildman–Crippen LogP) is 5.35. The molecule has 2 aliphatic rings. The maximum atomic E-state index is 13.5. The summed E-state index contributed by atoms with van der Waals surface area (Å²) in [7, 11) is -3.88. The molecule has 0 heterocycles. The minimum absolute atomic E-state index is 0.0107. The molecule has 10 heteroatoms. The number of hydrogen-bond acceptors (Lipinski definition) is 4. The second-order valence-corrected chi connectivity index (χ2v) is 12.1. The third kappa shape index (κ3) is 4.08. The van der Waals surface area contributed by atoms with Crippen LogP contribution in [0.5, 0.6) is 0 Å². The molecule has 4 rings (SSSR count). The van der Waals surface area contributed by atoms with Crippen molar-refractivity contribution in [1.29, 1.82) is 0 Å². The van der Waals surface area contributed by atoms with Crippen LogP contribution in [0.15, 0.2) is 39.7 Å². The first-order valence-electron chi connectivity index (χ1n) is 10.1. The molecule has 0 aliphatic heterocycles. The van der Waals surface area contributed by atoms with Crippen LogP contribution in [-0.2, 0) is 9.84 Å². The van der Waals surface area contributed by atoms with E-state index in [0.29, 0.717) is 12.8 Å². The number of benzene rings is 2. The van der Waals surface area contributed by atoms with E-state index in [1.807, 2.05) is 0 Å². The Morgan fingerprint density at radius 2 is 1.78 bits per heavy atom. The van der Waals surface area contributed by atoms with Gasteiger partial charge in [0, 0.05) is 16.2 Å².